The average molecular weight is 406 g/mol. The Morgan fingerprint density at radius 1 is 1.29 bits per heavy atom. The van der Waals surface area contributed by atoms with Gasteiger partial charge in [0.25, 0.3) is 5.91 Å². The molecule has 0 spiro atoms. The highest BCUT2D eigenvalue weighted by molar-refractivity contribution is 7.91. The van der Waals surface area contributed by atoms with Crippen LogP contribution in [0.15, 0.2) is 24.3 Å². The third kappa shape index (κ3) is 4.62. The van der Waals surface area contributed by atoms with Gasteiger partial charge in [-0.1, -0.05) is 18.2 Å². The zero-order valence-corrected chi connectivity index (χ0v) is 17.8. The zero-order valence-electron chi connectivity index (χ0n) is 16.9. The number of nitrogens with one attached hydrogen (secondary N) is 2. The molecule has 1 aromatic heterocycles. The highest BCUT2D eigenvalue weighted by atomic mass is 32.2. The van der Waals surface area contributed by atoms with Crippen molar-refractivity contribution in [2.24, 2.45) is 0 Å². The molecule has 3 rings (SSSR count). The molecule has 1 unspecified atom stereocenters. The summed E-state index contributed by atoms with van der Waals surface area (Å²) in [6, 6.07) is 7.64. The maximum atomic E-state index is 12.4. The van der Waals surface area contributed by atoms with Gasteiger partial charge in [-0.05, 0) is 38.8 Å². The Morgan fingerprint density at radius 3 is 2.64 bits per heavy atom. The van der Waals surface area contributed by atoms with Crippen LogP contribution in [-0.4, -0.2) is 49.2 Å². The van der Waals surface area contributed by atoms with Crippen LogP contribution >= 0.6 is 0 Å². The number of benzene rings is 1. The molecule has 0 bridgehead atoms. The van der Waals surface area contributed by atoms with Crippen LogP contribution in [-0.2, 0) is 21.2 Å². The molecule has 28 heavy (non-hydrogen) atoms. The van der Waals surface area contributed by atoms with E-state index >= 15 is 0 Å². The molecule has 2 heterocycles. The SMILES string of the molecule is Cc1ccccc1NC(=O)C[NH+](C)Cc1c(C)nn([C@H]2CCS(=O)(=O)C2)c1C. The molecule has 1 saturated heterocycles. The Hall–Kier alpha value is -2.19. The van der Waals surface area contributed by atoms with Crippen molar-refractivity contribution in [3.8, 4) is 0 Å². The van der Waals surface area contributed by atoms with E-state index in [-0.39, 0.29) is 23.5 Å². The number of aryl methyl sites for hydroxylation is 2. The summed E-state index contributed by atoms with van der Waals surface area (Å²) < 4.78 is 25.5. The van der Waals surface area contributed by atoms with Gasteiger partial charge < -0.3 is 10.2 Å². The molecule has 152 valence electrons. The lowest BCUT2D eigenvalue weighted by Crippen LogP contribution is -3.08. The van der Waals surface area contributed by atoms with Crippen molar-refractivity contribution in [3.05, 3.63) is 46.8 Å². The van der Waals surface area contributed by atoms with Crippen molar-refractivity contribution in [3.63, 3.8) is 0 Å². The maximum Gasteiger partial charge on any atom is 0.279 e. The number of aromatic nitrogens is 2. The third-order valence-corrected chi connectivity index (χ3v) is 7.14. The predicted octanol–water partition coefficient (Wildman–Crippen LogP) is 0.821. The van der Waals surface area contributed by atoms with Crippen LogP contribution in [0.1, 0.15) is 35.0 Å². The van der Waals surface area contributed by atoms with E-state index in [9.17, 15) is 13.2 Å². The van der Waals surface area contributed by atoms with Crippen LogP contribution in [0.5, 0.6) is 0 Å². The van der Waals surface area contributed by atoms with Crippen LogP contribution < -0.4 is 10.2 Å². The first kappa shape index (κ1) is 20.5. The highest BCUT2D eigenvalue weighted by Crippen LogP contribution is 2.26. The smallest absolute Gasteiger partial charge is 0.279 e. The number of quaternary nitrogens is 1. The van der Waals surface area contributed by atoms with E-state index in [1.165, 1.54) is 0 Å². The number of amides is 1. The number of nitrogens with zero attached hydrogens (tertiary/aromatic N) is 2. The summed E-state index contributed by atoms with van der Waals surface area (Å²) in [6.07, 6.45) is 0.616. The fourth-order valence-corrected chi connectivity index (χ4v) is 5.51. The minimum Gasteiger partial charge on any atom is -0.326 e. The van der Waals surface area contributed by atoms with E-state index in [4.69, 9.17) is 0 Å². The number of para-hydroxylation sites is 1. The lowest BCUT2D eigenvalue weighted by Gasteiger charge is -2.16. The molecule has 7 nitrogen and oxygen atoms in total. The molecule has 2 atom stereocenters. The molecule has 8 heteroatoms. The number of hydrogen-bond acceptors (Lipinski definition) is 4. The van der Waals surface area contributed by atoms with Crippen LogP contribution in [0.3, 0.4) is 0 Å². The summed E-state index contributed by atoms with van der Waals surface area (Å²) in [7, 11) is -0.975. The number of hydrogen-bond donors (Lipinski definition) is 2. The Balaban J connectivity index is 1.65. The van der Waals surface area contributed by atoms with Crippen molar-refractivity contribution >= 4 is 21.4 Å². The van der Waals surface area contributed by atoms with Gasteiger partial charge in [0.05, 0.1) is 35.9 Å². The van der Waals surface area contributed by atoms with Gasteiger partial charge in [-0.25, -0.2) is 8.42 Å². The summed E-state index contributed by atoms with van der Waals surface area (Å²) in [5, 5.41) is 7.58. The first-order valence-corrected chi connectivity index (χ1v) is 11.4. The molecule has 2 N–H and O–H groups in total. The van der Waals surface area contributed by atoms with E-state index < -0.39 is 9.84 Å². The highest BCUT2D eigenvalue weighted by Gasteiger charge is 2.31. The van der Waals surface area contributed by atoms with Crippen LogP contribution in [0.25, 0.3) is 0 Å². The fourth-order valence-electron chi connectivity index (χ4n) is 3.82. The number of likely N-dealkylation sites (N-methyl/N-ethyl adjacent to an activating group) is 1. The fraction of sp³-hybridized carbons (Fsp3) is 0.500. The average Bonchev–Trinajstić information content (AvgIpc) is 3.10. The predicted molar refractivity (Wildman–Crippen MR) is 109 cm³/mol. The molecule has 1 amide bonds. The van der Waals surface area contributed by atoms with E-state index in [1.807, 2.05) is 56.8 Å². The summed E-state index contributed by atoms with van der Waals surface area (Å²) >= 11 is 0. The van der Waals surface area contributed by atoms with Crippen LogP contribution in [0, 0.1) is 20.8 Å². The van der Waals surface area contributed by atoms with E-state index in [0.717, 1.165) is 33.1 Å². The molecular weight excluding hydrogens is 376 g/mol. The van der Waals surface area contributed by atoms with Crippen LogP contribution in [0.4, 0.5) is 5.69 Å². The second-order valence-electron chi connectivity index (χ2n) is 7.82. The molecule has 1 fully saturated rings. The lowest BCUT2D eigenvalue weighted by atomic mass is 10.1. The lowest BCUT2D eigenvalue weighted by molar-refractivity contribution is -0.885. The quantitative estimate of drug-likeness (QED) is 0.745. The van der Waals surface area contributed by atoms with Gasteiger partial charge in [-0.15, -0.1) is 0 Å². The summed E-state index contributed by atoms with van der Waals surface area (Å²) in [4.78, 5) is 13.5. The van der Waals surface area contributed by atoms with Gasteiger partial charge in [0.1, 0.15) is 6.54 Å². The molecule has 0 aliphatic carbocycles. The van der Waals surface area contributed by atoms with Crippen LogP contribution in [0.2, 0.25) is 0 Å². The van der Waals surface area contributed by atoms with E-state index in [2.05, 4.69) is 10.4 Å². The monoisotopic (exact) mass is 405 g/mol. The summed E-state index contributed by atoms with van der Waals surface area (Å²) in [5.74, 6) is 0.363. The maximum absolute atomic E-state index is 12.4. The minimum absolute atomic E-state index is 0.0311. The standard InChI is InChI=1S/C20H28N4O3S/c1-14-7-5-6-8-19(14)21-20(25)12-23(4)11-18-15(2)22-24(16(18)3)17-9-10-28(26,27)13-17/h5-8,17H,9-13H2,1-4H3,(H,21,25)/p+1/t17-/m0/s1. The largest absolute Gasteiger partial charge is 0.326 e. The molecule has 1 aromatic carbocycles. The van der Waals surface area contributed by atoms with Crippen molar-refractivity contribution < 1.29 is 18.1 Å². The molecule has 1 aliphatic rings. The first-order chi connectivity index (χ1) is 13.2. The molecule has 0 saturated carbocycles. The minimum atomic E-state index is -2.96. The number of rotatable bonds is 6. The summed E-state index contributed by atoms with van der Waals surface area (Å²) in [6.45, 7) is 6.91. The number of anilines is 1. The van der Waals surface area contributed by atoms with Gasteiger partial charge >= 0.3 is 0 Å². The Bertz CT molecular complexity index is 981. The molecule has 1 aliphatic heterocycles. The van der Waals surface area contributed by atoms with Gasteiger partial charge in [0.2, 0.25) is 0 Å². The van der Waals surface area contributed by atoms with Gasteiger partial charge in [-0.2, -0.15) is 5.10 Å². The number of carbonyl (C=O) groups excluding carboxylic acids is 1. The zero-order chi connectivity index (χ0) is 20.5. The third-order valence-electron chi connectivity index (χ3n) is 5.39. The molecular formula is C20H29N4O3S+. The van der Waals surface area contributed by atoms with Gasteiger partial charge in [-0.3, -0.25) is 9.48 Å². The second kappa shape index (κ2) is 8.05. The van der Waals surface area contributed by atoms with Crippen molar-refractivity contribution in [1.82, 2.24) is 9.78 Å². The normalized spacial score (nSPS) is 19.5. The van der Waals surface area contributed by atoms with Crippen molar-refractivity contribution in [2.75, 3.05) is 30.4 Å². The number of carbonyl (C=O) groups is 1. The molecule has 0 radical (unpaired) electrons. The van der Waals surface area contributed by atoms with Gasteiger partial charge in [0, 0.05) is 11.4 Å². The first-order valence-electron chi connectivity index (χ1n) is 9.58. The van der Waals surface area contributed by atoms with Crippen molar-refractivity contribution in [2.45, 2.75) is 39.8 Å². The Kier molecular flexibility index (Phi) is 5.90. The Labute approximate surface area is 166 Å². The van der Waals surface area contributed by atoms with Gasteiger partial charge in [0.15, 0.2) is 16.4 Å². The van der Waals surface area contributed by atoms with E-state index in [0.29, 0.717) is 19.5 Å². The summed E-state index contributed by atoms with van der Waals surface area (Å²) in [5.41, 5.74) is 4.86. The van der Waals surface area contributed by atoms with E-state index in [1.54, 1.807) is 0 Å². The topological polar surface area (TPSA) is 85.5 Å². The second-order valence-corrected chi connectivity index (χ2v) is 10.1. The Morgan fingerprint density at radius 2 is 2.00 bits per heavy atom. The molecule has 2 aromatic rings. The number of sulfone groups is 1. The van der Waals surface area contributed by atoms with Crippen molar-refractivity contribution in [1.29, 1.82) is 0 Å².